The number of nitrogens with zero attached hydrogens (tertiary/aromatic N) is 4. The molecule has 0 radical (unpaired) electrons. The van der Waals surface area contributed by atoms with Crippen LogP contribution in [0.15, 0.2) is 96.2 Å². The van der Waals surface area contributed by atoms with Crippen LogP contribution in [0.2, 0.25) is 5.02 Å². The van der Waals surface area contributed by atoms with Gasteiger partial charge in [-0.1, -0.05) is 67.9 Å². The zero-order valence-electron chi connectivity index (χ0n) is 33.7. The zero-order valence-corrected chi connectivity index (χ0v) is 34.4. The molecule has 13 heteroatoms. The van der Waals surface area contributed by atoms with E-state index in [0.29, 0.717) is 29.2 Å². The number of benzene rings is 3. The Morgan fingerprint density at radius 2 is 1.65 bits per heavy atom. The van der Waals surface area contributed by atoms with Gasteiger partial charge < -0.3 is 36.2 Å². The molecule has 12 nitrogen and oxygen atoms in total. The molecule has 2 aromatic heterocycles. The molecule has 0 aliphatic carbocycles. The third kappa shape index (κ3) is 14.6. The van der Waals surface area contributed by atoms with Crippen LogP contribution in [0.3, 0.4) is 0 Å². The maximum atomic E-state index is 12.8. The van der Waals surface area contributed by atoms with Crippen LogP contribution < -0.4 is 21.5 Å². The number of aldehydes is 2. The molecule has 6 rings (SSSR count). The number of aromatic nitrogens is 3. The number of halogens is 1. The second-order valence-corrected chi connectivity index (χ2v) is 14.0. The van der Waals surface area contributed by atoms with Gasteiger partial charge in [-0.25, -0.2) is 4.98 Å². The van der Waals surface area contributed by atoms with Gasteiger partial charge in [0.2, 0.25) is 0 Å². The summed E-state index contributed by atoms with van der Waals surface area (Å²) in [5.74, 6) is 0.500. The van der Waals surface area contributed by atoms with Gasteiger partial charge in [0.05, 0.1) is 29.0 Å². The molecule has 304 valence electrons. The first-order chi connectivity index (χ1) is 27.6. The Bertz CT molecular complexity index is 2030. The molecule has 1 atom stereocenters. The maximum absolute atomic E-state index is 12.8. The first-order valence-electron chi connectivity index (χ1n) is 19.3. The van der Waals surface area contributed by atoms with E-state index in [1.54, 1.807) is 30.5 Å². The highest BCUT2D eigenvalue weighted by molar-refractivity contribution is 6.35. The van der Waals surface area contributed by atoms with Gasteiger partial charge in [-0.2, -0.15) is 0 Å². The number of carbonyl (C=O) groups excluding carboxylic acids is 2. The van der Waals surface area contributed by atoms with E-state index in [1.807, 2.05) is 77.5 Å². The van der Waals surface area contributed by atoms with Crippen LogP contribution in [0.5, 0.6) is 0 Å². The van der Waals surface area contributed by atoms with Crippen molar-refractivity contribution in [2.24, 2.45) is 5.92 Å². The van der Waals surface area contributed by atoms with E-state index in [2.05, 4.69) is 43.0 Å². The van der Waals surface area contributed by atoms with E-state index < -0.39 is 5.60 Å². The molecule has 1 aliphatic rings. The summed E-state index contributed by atoms with van der Waals surface area (Å²) in [5, 5.41) is 29.2. The Morgan fingerprint density at radius 3 is 2.26 bits per heavy atom. The fourth-order valence-electron chi connectivity index (χ4n) is 6.09. The van der Waals surface area contributed by atoms with Gasteiger partial charge in [-0.05, 0) is 94.7 Å². The quantitative estimate of drug-likeness (QED) is 0.0439. The number of likely N-dealkylation sites (tertiary alicyclic amines) is 1. The van der Waals surface area contributed by atoms with Crippen LogP contribution in [-0.2, 0) is 17.8 Å². The highest BCUT2D eigenvalue weighted by Crippen LogP contribution is 2.24. The van der Waals surface area contributed by atoms with E-state index in [4.69, 9.17) is 17.0 Å². The molecule has 1 fully saturated rings. The lowest BCUT2D eigenvalue weighted by Crippen LogP contribution is -2.47. The van der Waals surface area contributed by atoms with E-state index in [-0.39, 0.29) is 23.6 Å². The van der Waals surface area contributed by atoms with Crippen LogP contribution in [0.4, 0.5) is 17.2 Å². The molecule has 0 bridgehead atoms. The van der Waals surface area contributed by atoms with Crippen LogP contribution >= 0.6 is 11.6 Å². The van der Waals surface area contributed by atoms with E-state index in [9.17, 15) is 19.5 Å². The van der Waals surface area contributed by atoms with Crippen molar-refractivity contribution in [1.82, 2.24) is 24.8 Å². The molecule has 5 N–H and O–H groups in total. The second-order valence-electron chi connectivity index (χ2n) is 13.6. The summed E-state index contributed by atoms with van der Waals surface area (Å²) in [4.78, 5) is 44.7. The molecule has 1 saturated heterocycles. The first kappa shape index (κ1) is 46.1. The van der Waals surface area contributed by atoms with Gasteiger partial charge in [0.25, 0.3) is 5.56 Å². The van der Waals surface area contributed by atoms with E-state index >= 15 is 0 Å². The van der Waals surface area contributed by atoms with Crippen LogP contribution in [0.1, 0.15) is 61.0 Å². The van der Waals surface area contributed by atoms with Crippen molar-refractivity contribution >= 4 is 58.5 Å². The number of aliphatic hydroxyl groups is 1. The maximum Gasteiger partial charge on any atom is 0.264 e. The molecule has 0 amide bonds. The summed E-state index contributed by atoms with van der Waals surface area (Å²) in [6, 6.07) is 24.7. The van der Waals surface area contributed by atoms with Crippen molar-refractivity contribution in [2.45, 2.75) is 58.1 Å². The SMILES string of the molecule is CC.CNCCCC(C=O)Cc1ccccc1.CNc1ccc(Nc2ncn(CC3(O)CCN(C)CC3)c(=O)c2C=N)cc1.O=Cc1ccc2c(Cl)ccnc2c1. The molecule has 3 heterocycles. The van der Waals surface area contributed by atoms with Gasteiger partial charge in [0.1, 0.15) is 24.0 Å². The number of anilines is 3. The van der Waals surface area contributed by atoms with Gasteiger partial charge in [-0.15, -0.1) is 0 Å². The number of fused-ring (bicyclic) bond motifs is 1. The third-order valence-corrected chi connectivity index (χ3v) is 9.75. The van der Waals surface area contributed by atoms with Crippen molar-refractivity contribution in [3.8, 4) is 0 Å². The minimum Gasteiger partial charge on any atom is -0.388 e. The summed E-state index contributed by atoms with van der Waals surface area (Å²) >= 11 is 5.92. The molecule has 1 unspecified atom stereocenters. The summed E-state index contributed by atoms with van der Waals surface area (Å²) in [6.45, 7) is 6.75. The summed E-state index contributed by atoms with van der Waals surface area (Å²) in [6.07, 6.45) is 10.1. The van der Waals surface area contributed by atoms with Gasteiger partial charge in [0.15, 0.2) is 0 Å². The first-order valence-corrected chi connectivity index (χ1v) is 19.7. The number of nitrogens with one attached hydrogen (secondary N) is 4. The molecule has 5 aromatic rings. The fourth-order valence-corrected chi connectivity index (χ4v) is 6.31. The topological polar surface area (TPSA) is 165 Å². The van der Waals surface area contributed by atoms with Gasteiger partial charge in [0, 0.05) is 60.8 Å². The molecule has 3 aromatic carbocycles. The third-order valence-electron chi connectivity index (χ3n) is 9.42. The van der Waals surface area contributed by atoms with Gasteiger partial charge >= 0.3 is 0 Å². The van der Waals surface area contributed by atoms with Crippen LogP contribution in [0, 0.1) is 11.3 Å². The number of carbonyl (C=O) groups is 2. The molecule has 0 spiro atoms. The Balaban J connectivity index is 0.000000245. The molecule has 0 saturated carbocycles. The molecular formula is C44H57ClN8O4. The van der Waals surface area contributed by atoms with Gasteiger partial charge in [-0.3, -0.25) is 19.1 Å². The highest BCUT2D eigenvalue weighted by Gasteiger charge is 2.32. The Kier molecular flexibility index (Phi) is 19.7. The Morgan fingerprint density at radius 1 is 0.965 bits per heavy atom. The van der Waals surface area contributed by atoms with Crippen molar-refractivity contribution in [3.05, 3.63) is 123 Å². The highest BCUT2D eigenvalue weighted by atomic mass is 35.5. The summed E-state index contributed by atoms with van der Waals surface area (Å²) in [5.41, 5.74) is 3.28. The monoisotopic (exact) mass is 796 g/mol. The number of hydrogen-bond donors (Lipinski definition) is 5. The lowest BCUT2D eigenvalue weighted by Gasteiger charge is -2.36. The number of piperidine rings is 1. The van der Waals surface area contributed by atoms with Crippen molar-refractivity contribution in [1.29, 1.82) is 5.41 Å². The number of pyridine rings is 1. The summed E-state index contributed by atoms with van der Waals surface area (Å²) < 4.78 is 1.40. The normalized spacial score (nSPS) is 13.6. The smallest absolute Gasteiger partial charge is 0.264 e. The largest absolute Gasteiger partial charge is 0.388 e. The van der Waals surface area contributed by atoms with Crippen LogP contribution in [0.25, 0.3) is 10.9 Å². The van der Waals surface area contributed by atoms with Crippen molar-refractivity contribution < 1.29 is 14.7 Å². The van der Waals surface area contributed by atoms with Crippen LogP contribution in [-0.4, -0.2) is 89.7 Å². The second kappa shape index (κ2) is 24.4. The Labute approximate surface area is 341 Å². The lowest BCUT2D eigenvalue weighted by atomic mass is 9.91. The predicted molar refractivity (Wildman–Crippen MR) is 234 cm³/mol. The lowest BCUT2D eigenvalue weighted by molar-refractivity contribution is -0.111. The fraction of sp³-hybridized carbons (Fsp3) is 0.364. The number of hydrogen-bond acceptors (Lipinski definition) is 11. The minimum atomic E-state index is -0.921. The molecule has 1 aliphatic heterocycles. The van der Waals surface area contributed by atoms with Crippen molar-refractivity contribution in [2.75, 3.05) is 51.4 Å². The Hall–Kier alpha value is -5.27. The zero-order chi connectivity index (χ0) is 41.6. The number of rotatable bonds is 14. The standard InChI is InChI=1S/C19H26N6O2.C13H19NO.C10H6ClNO.C2H6/c1-21-14-3-5-15(6-4-14)23-17-16(11-20)18(26)25(13-22-17)12-19(27)7-9-24(2)10-8-19;1-14-9-5-8-13(11-15)10-12-6-3-2-4-7-12;11-9-3-4-12-10-5-7(6-13)1-2-8(9)10;1-2/h3-6,11,13,20-21,23,27H,7-10,12H2,1-2H3;2-4,6-7,11,13-14H,5,8-10H2,1H3;1-6H;1-2H3. The predicted octanol–water partition coefficient (Wildman–Crippen LogP) is 7.25. The molecule has 57 heavy (non-hydrogen) atoms. The van der Waals surface area contributed by atoms with E-state index in [0.717, 1.165) is 80.0 Å². The molecular weight excluding hydrogens is 740 g/mol. The van der Waals surface area contributed by atoms with E-state index in [1.165, 1.54) is 16.5 Å². The van der Waals surface area contributed by atoms with Crippen molar-refractivity contribution in [3.63, 3.8) is 0 Å². The minimum absolute atomic E-state index is 0.167. The average molecular weight is 797 g/mol. The summed E-state index contributed by atoms with van der Waals surface area (Å²) in [7, 11) is 5.80. The average Bonchev–Trinajstić information content (AvgIpc) is 3.24.